The predicted octanol–water partition coefficient (Wildman–Crippen LogP) is -11.3. The molecule has 2 rings (SSSR count). The van der Waals surface area contributed by atoms with E-state index in [1.54, 1.807) is 0 Å². The Hall–Kier alpha value is -1.17. The second-order valence-electron chi connectivity index (χ2n) is 10.4. The zero-order chi connectivity index (χ0) is 36.1. The monoisotopic (exact) mass is 688 g/mol. The van der Waals surface area contributed by atoms with E-state index in [1.807, 2.05) is 0 Å². The van der Waals surface area contributed by atoms with Crippen molar-refractivity contribution in [3.63, 3.8) is 0 Å². The van der Waals surface area contributed by atoms with Gasteiger partial charge in [0.15, 0.2) is 12.6 Å². The van der Waals surface area contributed by atoms with Crippen molar-refractivity contribution in [1.29, 1.82) is 0 Å². The molecule has 0 aliphatic carbocycles. The van der Waals surface area contributed by atoms with Gasteiger partial charge in [0.25, 0.3) is 0 Å². The van der Waals surface area contributed by atoms with Crippen molar-refractivity contribution in [3.05, 3.63) is 0 Å². The highest BCUT2D eigenvalue weighted by Crippen LogP contribution is 2.35. The largest absolute Gasteiger partial charge is 0.394 e. The van der Waals surface area contributed by atoms with Crippen LogP contribution in [0.15, 0.2) is 0 Å². The van der Waals surface area contributed by atoms with Gasteiger partial charge in [0.05, 0.1) is 32.5 Å². The van der Waals surface area contributed by atoms with Crippen LogP contribution in [0.25, 0.3) is 0 Å². The highest BCUT2D eigenvalue weighted by atomic mass is 16.8. The van der Waals surface area contributed by atoms with Crippen molar-refractivity contribution >= 4 is 6.29 Å². The topological polar surface area (TPSA) is 409 Å². The van der Waals surface area contributed by atoms with E-state index in [1.165, 1.54) is 6.92 Å². The number of aliphatic hydroxyl groups excluding tert-OH is 18. The van der Waals surface area contributed by atoms with Crippen LogP contribution in [0, 0.1) is 0 Å². The van der Waals surface area contributed by atoms with Crippen molar-refractivity contribution in [2.45, 2.75) is 111 Å². The lowest BCUT2D eigenvalue weighted by atomic mass is 9.99. The van der Waals surface area contributed by atoms with Crippen LogP contribution >= 0.6 is 0 Å². The van der Waals surface area contributed by atoms with Gasteiger partial charge in [-0.2, -0.15) is 0 Å². The lowest BCUT2D eigenvalue weighted by Gasteiger charge is -2.43. The summed E-state index contributed by atoms with van der Waals surface area (Å²) >= 11 is 0. The van der Waals surface area contributed by atoms with Crippen molar-refractivity contribution in [2.75, 3.05) is 33.0 Å². The molecule has 18 N–H and O–H groups in total. The number of ether oxygens (including phenoxy) is 3. The molecule has 17 atom stereocenters. The molecular weight excluding hydrogens is 640 g/mol. The summed E-state index contributed by atoms with van der Waals surface area (Å²) < 4.78 is 15.4. The molecule has 22 heteroatoms. The first-order valence-corrected chi connectivity index (χ1v) is 13.7. The fourth-order valence-electron chi connectivity index (χ4n) is 3.87. The van der Waals surface area contributed by atoms with Crippen LogP contribution < -0.4 is 0 Å². The Labute approximate surface area is 261 Å². The number of rotatable bonds is 14. The van der Waals surface area contributed by atoms with Crippen LogP contribution in [0.1, 0.15) is 6.92 Å². The van der Waals surface area contributed by atoms with Gasteiger partial charge in [-0.05, 0) is 6.92 Å². The second-order valence-corrected chi connectivity index (χ2v) is 10.4. The molecule has 276 valence electrons. The fourth-order valence-corrected chi connectivity index (χ4v) is 3.87. The summed E-state index contributed by atoms with van der Waals surface area (Å²) in [4.78, 5) is 9.87. The molecule has 2 heterocycles. The average molecular weight is 689 g/mol. The van der Waals surface area contributed by atoms with Crippen molar-refractivity contribution in [1.82, 2.24) is 0 Å². The summed E-state index contributed by atoms with van der Waals surface area (Å²) in [5, 5.41) is 164. The average Bonchev–Trinajstić information content (AvgIpc) is 3.31. The van der Waals surface area contributed by atoms with E-state index >= 15 is 0 Å². The smallest absolute Gasteiger partial charge is 0.224 e. The van der Waals surface area contributed by atoms with E-state index in [-0.39, 0.29) is 6.29 Å². The molecule has 0 amide bonds. The summed E-state index contributed by atoms with van der Waals surface area (Å²) in [6, 6.07) is 0. The normalized spacial score (nSPS) is 36.4. The molecule has 46 heavy (non-hydrogen) atoms. The standard InChI is InChI=1S/C12H22O11.C6H14O6.C6H12O5/c13-1-4-6(16)8(18)9(19)11(21-4)23-12(3-15)10(20)7(17)5(2-14)22-12;7-1-3(9)5(11)6(12)4(10)2-8;1-3(8)5(10)6(11)4(9)2-7/h4-11,13-20H,1-3H2;3-12H,1-2H2;2-6,8-11H,1H3/t4-,5-,6-,7-,8+,9-,10+,11-,12+;3-,4+,5-,6-;3-,4-,5-,6-/m110/s1. The minimum atomic E-state index is -2.22. The Morgan fingerprint density at radius 3 is 1.50 bits per heavy atom. The van der Waals surface area contributed by atoms with Gasteiger partial charge in [-0.25, -0.2) is 0 Å². The molecule has 0 bridgehead atoms. The van der Waals surface area contributed by atoms with Gasteiger partial charge in [0.1, 0.15) is 92.1 Å². The molecule has 22 nitrogen and oxygen atoms in total. The summed E-state index contributed by atoms with van der Waals surface area (Å²) in [7, 11) is 0. The van der Waals surface area contributed by atoms with Crippen LogP contribution in [0.5, 0.6) is 0 Å². The van der Waals surface area contributed by atoms with E-state index < -0.39 is 137 Å². The molecular formula is C24H48O22. The first kappa shape index (κ1) is 44.8. The van der Waals surface area contributed by atoms with E-state index in [0.29, 0.717) is 0 Å². The summed E-state index contributed by atoms with van der Waals surface area (Å²) in [6.45, 7) is -2.53. The van der Waals surface area contributed by atoms with Gasteiger partial charge < -0.3 is 111 Å². The quantitative estimate of drug-likeness (QED) is 0.0753. The Morgan fingerprint density at radius 2 is 1.15 bits per heavy atom. The van der Waals surface area contributed by atoms with Crippen LogP contribution in [-0.2, 0) is 19.0 Å². The fraction of sp³-hybridized carbons (Fsp3) is 0.958. The Morgan fingerprint density at radius 1 is 0.674 bits per heavy atom. The van der Waals surface area contributed by atoms with Gasteiger partial charge in [-0.15, -0.1) is 0 Å². The number of aliphatic hydroxyl groups is 18. The zero-order valence-corrected chi connectivity index (χ0v) is 24.5. The van der Waals surface area contributed by atoms with Gasteiger partial charge >= 0.3 is 0 Å². The maximum absolute atomic E-state index is 10.00. The van der Waals surface area contributed by atoms with Gasteiger partial charge in [-0.3, -0.25) is 0 Å². The van der Waals surface area contributed by atoms with Crippen molar-refractivity contribution < 1.29 is 111 Å². The molecule has 0 aromatic rings. The van der Waals surface area contributed by atoms with E-state index in [9.17, 15) is 35.4 Å². The SMILES string of the molecule is C[C@H](O)[C@H](O)[C@@H](O)[C@@H](O)C=O.OC[C@@H](O)[C@@H](O)[C@H](O)[C@@H](O)CO.OC[C@H]1O[C@@](CO)(O[C@H]2O[C@H](CO)[C@@H](O)[C@H](O)[C@H]2O)[C@@H](O)[C@@H]1O. The highest BCUT2D eigenvalue weighted by Gasteiger charge is 2.58. The third-order valence-electron chi connectivity index (χ3n) is 6.92. The van der Waals surface area contributed by atoms with Crippen LogP contribution in [-0.4, -0.2) is 235 Å². The molecule has 0 radical (unpaired) electrons. The van der Waals surface area contributed by atoms with E-state index in [0.717, 1.165) is 0 Å². The summed E-state index contributed by atoms with van der Waals surface area (Å²) in [6.07, 6.45) is -24.9. The summed E-state index contributed by atoms with van der Waals surface area (Å²) in [5.74, 6) is -2.22. The van der Waals surface area contributed by atoms with Crippen LogP contribution in [0.2, 0.25) is 0 Å². The Bertz CT molecular complexity index is 809. The number of carbonyl (C=O) groups excluding carboxylic acids is 1. The second kappa shape index (κ2) is 21.0. The molecule has 0 spiro atoms. The molecule has 2 saturated heterocycles. The molecule has 2 aliphatic rings. The molecule has 0 unspecified atom stereocenters. The first-order chi connectivity index (χ1) is 21.3. The minimum absolute atomic E-state index is 0.0935. The minimum Gasteiger partial charge on any atom is -0.394 e. The lowest BCUT2D eigenvalue weighted by Crippen LogP contribution is -2.62. The van der Waals surface area contributed by atoms with Crippen molar-refractivity contribution in [2.24, 2.45) is 0 Å². The van der Waals surface area contributed by atoms with Crippen LogP contribution in [0.4, 0.5) is 0 Å². The van der Waals surface area contributed by atoms with Gasteiger partial charge in [0.2, 0.25) is 5.79 Å². The highest BCUT2D eigenvalue weighted by molar-refractivity contribution is 5.56. The third kappa shape index (κ3) is 11.8. The molecule has 2 fully saturated rings. The van der Waals surface area contributed by atoms with Crippen LogP contribution in [0.3, 0.4) is 0 Å². The Kier molecular flexibility index (Phi) is 20.5. The van der Waals surface area contributed by atoms with Crippen molar-refractivity contribution in [3.8, 4) is 0 Å². The maximum Gasteiger partial charge on any atom is 0.224 e. The van der Waals surface area contributed by atoms with E-state index in [4.69, 9.17) is 75.5 Å². The van der Waals surface area contributed by atoms with Gasteiger partial charge in [0, 0.05) is 0 Å². The molecule has 0 saturated carbocycles. The predicted molar refractivity (Wildman–Crippen MR) is 143 cm³/mol. The zero-order valence-electron chi connectivity index (χ0n) is 24.5. The number of aldehydes is 1. The maximum atomic E-state index is 10.00. The van der Waals surface area contributed by atoms with Gasteiger partial charge in [-0.1, -0.05) is 0 Å². The molecule has 2 aliphatic heterocycles. The third-order valence-corrected chi connectivity index (χ3v) is 6.92. The van der Waals surface area contributed by atoms with E-state index in [2.05, 4.69) is 0 Å². The number of hydrogen-bond acceptors (Lipinski definition) is 22. The number of carbonyl (C=O) groups is 1. The lowest BCUT2D eigenvalue weighted by molar-refractivity contribution is -0.383. The number of hydrogen-bond donors (Lipinski definition) is 18. The summed E-state index contributed by atoms with van der Waals surface area (Å²) in [5.41, 5.74) is 0. The first-order valence-electron chi connectivity index (χ1n) is 13.7. The molecule has 0 aromatic carbocycles. The Balaban J connectivity index is 0.000000744. The molecule has 0 aromatic heterocycles.